The van der Waals surface area contributed by atoms with Gasteiger partial charge in [-0.15, -0.1) is 0 Å². The number of amides is 1. The van der Waals surface area contributed by atoms with E-state index in [2.05, 4.69) is 5.32 Å². The van der Waals surface area contributed by atoms with Gasteiger partial charge in [-0.25, -0.2) is 0 Å². The number of likely N-dealkylation sites (tertiary alicyclic amines) is 1. The fourth-order valence-electron chi connectivity index (χ4n) is 2.30. The van der Waals surface area contributed by atoms with E-state index in [0.29, 0.717) is 25.1 Å². The predicted molar refractivity (Wildman–Crippen MR) is 71.8 cm³/mol. The Morgan fingerprint density at radius 3 is 2.83 bits per heavy atom. The van der Waals surface area contributed by atoms with E-state index in [-0.39, 0.29) is 5.91 Å². The van der Waals surface area contributed by atoms with E-state index < -0.39 is 5.60 Å². The fourth-order valence-corrected chi connectivity index (χ4v) is 2.30. The Morgan fingerprint density at radius 2 is 2.22 bits per heavy atom. The number of rotatable bonds is 3. The van der Waals surface area contributed by atoms with Gasteiger partial charge in [0.15, 0.2) is 0 Å². The number of aliphatic hydroxyl groups is 1. The highest BCUT2D eigenvalue weighted by Gasteiger charge is 2.34. The lowest BCUT2D eigenvalue weighted by molar-refractivity contribution is 0.0572. The summed E-state index contributed by atoms with van der Waals surface area (Å²) in [6.45, 7) is 5.58. The third kappa shape index (κ3) is 2.64. The maximum Gasteiger partial charge on any atom is 0.256 e. The number of β-amino-alcohol motifs (C(OH)–C–C–N with tert-alkyl or cyclic N) is 1. The molecule has 1 aliphatic rings. The SMILES string of the molecule is CCNc1ccccc1C(=O)N1CCC(C)(O)C1. The molecule has 0 aliphatic carbocycles. The number of nitrogens with one attached hydrogen (secondary N) is 1. The molecular weight excluding hydrogens is 228 g/mol. The molecule has 0 spiro atoms. The molecule has 1 aromatic rings. The molecule has 1 aromatic carbocycles. The highest BCUT2D eigenvalue weighted by Crippen LogP contribution is 2.24. The van der Waals surface area contributed by atoms with Crippen LogP contribution >= 0.6 is 0 Å². The van der Waals surface area contributed by atoms with E-state index in [1.54, 1.807) is 11.8 Å². The van der Waals surface area contributed by atoms with Crippen LogP contribution in [-0.2, 0) is 0 Å². The number of benzene rings is 1. The van der Waals surface area contributed by atoms with Crippen molar-refractivity contribution < 1.29 is 9.90 Å². The number of anilines is 1. The molecule has 2 rings (SSSR count). The number of carbonyl (C=O) groups excluding carboxylic acids is 1. The summed E-state index contributed by atoms with van der Waals surface area (Å²) >= 11 is 0. The standard InChI is InChI=1S/C14H20N2O2/c1-3-15-12-7-5-4-6-11(12)13(17)16-9-8-14(2,18)10-16/h4-7,15,18H,3,8-10H2,1-2H3. The van der Waals surface area contributed by atoms with Gasteiger partial charge in [0.1, 0.15) is 0 Å². The number of para-hydroxylation sites is 1. The van der Waals surface area contributed by atoms with Crippen molar-refractivity contribution in [2.24, 2.45) is 0 Å². The molecule has 1 unspecified atom stereocenters. The summed E-state index contributed by atoms with van der Waals surface area (Å²) in [5.41, 5.74) is 0.789. The van der Waals surface area contributed by atoms with Gasteiger partial charge >= 0.3 is 0 Å². The van der Waals surface area contributed by atoms with Crippen LogP contribution in [0.25, 0.3) is 0 Å². The summed E-state index contributed by atoms with van der Waals surface area (Å²) in [5, 5.41) is 13.1. The number of carbonyl (C=O) groups is 1. The van der Waals surface area contributed by atoms with E-state index in [9.17, 15) is 9.90 Å². The zero-order valence-corrected chi connectivity index (χ0v) is 10.9. The lowest BCUT2D eigenvalue weighted by Gasteiger charge is -2.20. The molecule has 4 nitrogen and oxygen atoms in total. The third-order valence-electron chi connectivity index (χ3n) is 3.26. The number of nitrogens with zero attached hydrogens (tertiary/aromatic N) is 1. The van der Waals surface area contributed by atoms with Crippen molar-refractivity contribution >= 4 is 11.6 Å². The minimum absolute atomic E-state index is 0.00988. The topological polar surface area (TPSA) is 52.6 Å². The molecule has 0 bridgehead atoms. The van der Waals surface area contributed by atoms with Crippen LogP contribution in [0.2, 0.25) is 0 Å². The highest BCUT2D eigenvalue weighted by molar-refractivity contribution is 5.99. The van der Waals surface area contributed by atoms with E-state index in [0.717, 1.165) is 12.2 Å². The molecule has 1 saturated heterocycles. The van der Waals surface area contributed by atoms with E-state index in [1.807, 2.05) is 31.2 Å². The second kappa shape index (κ2) is 4.98. The van der Waals surface area contributed by atoms with Crippen LogP contribution in [-0.4, -0.2) is 41.1 Å². The van der Waals surface area contributed by atoms with Crippen LogP contribution in [0.15, 0.2) is 24.3 Å². The Bertz CT molecular complexity index is 443. The molecule has 1 fully saturated rings. The number of hydrogen-bond acceptors (Lipinski definition) is 3. The monoisotopic (exact) mass is 248 g/mol. The van der Waals surface area contributed by atoms with Crippen LogP contribution in [0.1, 0.15) is 30.6 Å². The highest BCUT2D eigenvalue weighted by atomic mass is 16.3. The molecule has 0 saturated carbocycles. The first-order valence-electron chi connectivity index (χ1n) is 6.38. The second-order valence-electron chi connectivity index (χ2n) is 5.05. The molecule has 98 valence electrons. The predicted octanol–water partition coefficient (Wildman–Crippen LogP) is 1.72. The molecule has 2 N–H and O–H groups in total. The van der Waals surface area contributed by atoms with E-state index in [1.165, 1.54) is 0 Å². The molecule has 1 aliphatic heterocycles. The third-order valence-corrected chi connectivity index (χ3v) is 3.26. The van der Waals surface area contributed by atoms with Gasteiger partial charge in [-0.3, -0.25) is 4.79 Å². The van der Waals surface area contributed by atoms with Gasteiger partial charge in [-0.1, -0.05) is 12.1 Å². The first-order chi connectivity index (χ1) is 8.53. The normalized spacial score (nSPS) is 23.2. The van der Waals surface area contributed by atoms with Crippen molar-refractivity contribution in [3.8, 4) is 0 Å². The van der Waals surface area contributed by atoms with E-state index in [4.69, 9.17) is 0 Å². The molecule has 0 radical (unpaired) electrons. The number of hydrogen-bond donors (Lipinski definition) is 2. The summed E-state index contributed by atoms with van der Waals surface area (Å²) < 4.78 is 0. The lowest BCUT2D eigenvalue weighted by atomic mass is 10.1. The van der Waals surface area contributed by atoms with Crippen molar-refractivity contribution in [3.63, 3.8) is 0 Å². The van der Waals surface area contributed by atoms with Gasteiger partial charge in [0.05, 0.1) is 11.2 Å². The Labute approximate surface area is 108 Å². The summed E-state index contributed by atoms with van der Waals surface area (Å²) in [7, 11) is 0. The second-order valence-corrected chi connectivity index (χ2v) is 5.05. The maximum atomic E-state index is 12.4. The minimum Gasteiger partial charge on any atom is -0.388 e. The van der Waals surface area contributed by atoms with Crippen LogP contribution in [0, 0.1) is 0 Å². The maximum absolute atomic E-state index is 12.4. The van der Waals surface area contributed by atoms with E-state index >= 15 is 0 Å². The van der Waals surface area contributed by atoms with Gasteiger partial charge in [-0.2, -0.15) is 0 Å². The summed E-state index contributed by atoms with van der Waals surface area (Å²) in [6, 6.07) is 7.51. The van der Waals surface area contributed by atoms with Crippen molar-refractivity contribution in [2.45, 2.75) is 25.9 Å². The van der Waals surface area contributed by atoms with Gasteiger partial charge in [0.2, 0.25) is 0 Å². The Balaban J connectivity index is 2.19. The molecule has 1 amide bonds. The van der Waals surface area contributed by atoms with Gasteiger partial charge in [-0.05, 0) is 32.4 Å². The summed E-state index contributed by atoms with van der Waals surface area (Å²) in [4.78, 5) is 14.1. The summed E-state index contributed by atoms with van der Waals surface area (Å²) in [5.74, 6) is -0.00988. The van der Waals surface area contributed by atoms with Crippen molar-refractivity contribution in [1.82, 2.24) is 4.90 Å². The average molecular weight is 248 g/mol. The first-order valence-corrected chi connectivity index (χ1v) is 6.38. The van der Waals surface area contributed by atoms with Crippen LogP contribution in [0.4, 0.5) is 5.69 Å². The zero-order chi connectivity index (χ0) is 13.2. The fraction of sp³-hybridized carbons (Fsp3) is 0.500. The Morgan fingerprint density at radius 1 is 1.50 bits per heavy atom. The average Bonchev–Trinajstić information content (AvgIpc) is 2.70. The quantitative estimate of drug-likeness (QED) is 0.856. The van der Waals surface area contributed by atoms with Crippen molar-refractivity contribution in [2.75, 3.05) is 25.0 Å². The summed E-state index contributed by atoms with van der Waals surface area (Å²) in [6.07, 6.45) is 0.641. The molecule has 4 heteroatoms. The van der Waals surface area contributed by atoms with Crippen LogP contribution < -0.4 is 5.32 Å². The molecule has 0 aromatic heterocycles. The molecule has 1 heterocycles. The largest absolute Gasteiger partial charge is 0.388 e. The van der Waals surface area contributed by atoms with Gasteiger partial charge in [0.25, 0.3) is 5.91 Å². The van der Waals surface area contributed by atoms with Gasteiger partial charge < -0.3 is 15.3 Å². The van der Waals surface area contributed by atoms with Gasteiger partial charge in [0, 0.05) is 25.3 Å². The molecule has 1 atom stereocenters. The molecular formula is C14H20N2O2. The van der Waals surface area contributed by atoms with Crippen molar-refractivity contribution in [1.29, 1.82) is 0 Å². The smallest absolute Gasteiger partial charge is 0.256 e. The van der Waals surface area contributed by atoms with Crippen LogP contribution in [0.5, 0.6) is 0 Å². The minimum atomic E-state index is -0.747. The molecule has 18 heavy (non-hydrogen) atoms. The first kappa shape index (κ1) is 12.9. The van der Waals surface area contributed by atoms with Crippen molar-refractivity contribution in [3.05, 3.63) is 29.8 Å². The lowest BCUT2D eigenvalue weighted by Crippen LogP contribution is -2.34. The zero-order valence-electron chi connectivity index (χ0n) is 10.9. The van der Waals surface area contributed by atoms with Crippen LogP contribution in [0.3, 0.4) is 0 Å². The Hall–Kier alpha value is -1.55. The Kier molecular flexibility index (Phi) is 3.57.